The monoisotopic (exact) mass is 385 g/mol. The minimum Gasteiger partial charge on any atom is -0.457 e. The maximum atomic E-state index is 6.25. The van der Waals surface area contributed by atoms with Gasteiger partial charge in [-0.05, 0) is 55.8 Å². The van der Waals surface area contributed by atoms with Crippen molar-refractivity contribution in [3.63, 3.8) is 0 Å². The molecular weight excluding hydrogens is 362 g/mol. The van der Waals surface area contributed by atoms with Crippen molar-refractivity contribution in [1.29, 1.82) is 0 Å². The molecule has 6 heteroatoms. The Hall–Kier alpha value is -3.38. The van der Waals surface area contributed by atoms with Crippen molar-refractivity contribution in [3.8, 4) is 22.8 Å². The van der Waals surface area contributed by atoms with Crippen LogP contribution in [0.25, 0.3) is 16.8 Å². The van der Waals surface area contributed by atoms with Crippen molar-refractivity contribution < 1.29 is 4.74 Å². The average molecular weight is 385 g/mol. The molecule has 2 aromatic heterocycles. The van der Waals surface area contributed by atoms with E-state index in [1.165, 1.54) is 12.8 Å². The number of fused-ring (bicyclic) bond motifs is 1. The highest BCUT2D eigenvalue weighted by Crippen LogP contribution is 2.33. The molecule has 0 spiro atoms. The number of anilines is 1. The second kappa shape index (κ2) is 7.56. The van der Waals surface area contributed by atoms with Gasteiger partial charge in [-0.1, -0.05) is 24.6 Å². The van der Waals surface area contributed by atoms with Gasteiger partial charge >= 0.3 is 0 Å². The highest BCUT2D eigenvalue weighted by Gasteiger charge is 2.23. The highest BCUT2D eigenvalue weighted by atomic mass is 16.5. The van der Waals surface area contributed by atoms with Gasteiger partial charge in [0.05, 0.1) is 6.04 Å². The summed E-state index contributed by atoms with van der Waals surface area (Å²) in [6.45, 7) is 1.01. The Kier molecular flexibility index (Phi) is 4.62. The maximum Gasteiger partial charge on any atom is 0.150 e. The fraction of sp³-hybridized carbons (Fsp3) is 0.217. The zero-order chi connectivity index (χ0) is 19.6. The van der Waals surface area contributed by atoms with Crippen molar-refractivity contribution in [1.82, 2.24) is 19.7 Å². The lowest BCUT2D eigenvalue weighted by molar-refractivity contribution is 0.396. The number of benzene rings is 2. The standard InChI is InChI=1S/C23H23N5O/c24-22-21-20(16-9-11-18(12-10-16)29-17-6-2-1-3-7-17)27-23(28(21)15-14-26-22)19-8-4-5-13-25-19/h1-3,6-7,9-12,14-15,19,25H,4-5,8,13H2,(H2,24,26). The van der Waals surface area contributed by atoms with E-state index in [9.17, 15) is 0 Å². The molecule has 1 atom stereocenters. The number of nitrogens with zero attached hydrogens (tertiary/aromatic N) is 3. The van der Waals surface area contributed by atoms with Crippen LogP contribution < -0.4 is 15.8 Å². The van der Waals surface area contributed by atoms with Crippen LogP contribution in [0.3, 0.4) is 0 Å². The summed E-state index contributed by atoms with van der Waals surface area (Å²) in [4.78, 5) is 9.29. The average Bonchev–Trinajstić information content (AvgIpc) is 3.17. The van der Waals surface area contributed by atoms with Crippen molar-refractivity contribution in [2.75, 3.05) is 12.3 Å². The molecule has 6 nitrogen and oxygen atoms in total. The molecule has 1 fully saturated rings. The molecular formula is C23H23N5O. The molecule has 0 amide bonds. The summed E-state index contributed by atoms with van der Waals surface area (Å²) in [7, 11) is 0. The van der Waals surface area contributed by atoms with E-state index >= 15 is 0 Å². The number of ether oxygens (including phenoxy) is 1. The number of aromatic nitrogens is 3. The third-order valence-electron chi connectivity index (χ3n) is 5.34. The molecule has 1 aliphatic rings. The first kappa shape index (κ1) is 17.7. The second-order valence-corrected chi connectivity index (χ2v) is 7.29. The normalized spacial score (nSPS) is 16.8. The minimum atomic E-state index is 0.229. The van der Waals surface area contributed by atoms with Gasteiger partial charge in [-0.2, -0.15) is 0 Å². The molecule has 0 saturated carbocycles. The Balaban J connectivity index is 1.52. The van der Waals surface area contributed by atoms with Crippen LogP contribution in [0.2, 0.25) is 0 Å². The molecule has 1 saturated heterocycles. The van der Waals surface area contributed by atoms with Crippen LogP contribution in [0.15, 0.2) is 67.0 Å². The van der Waals surface area contributed by atoms with Gasteiger partial charge in [0.25, 0.3) is 0 Å². The Morgan fingerprint density at radius 3 is 2.55 bits per heavy atom. The Bertz CT molecular complexity index is 1120. The Morgan fingerprint density at radius 2 is 1.79 bits per heavy atom. The molecule has 0 radical (unpaired) electrons. The lowest BCUT2D eigenvalue weighted by atomic mass is 10.0. The van der Waals surface area contributed by atoms with E-state index in [0.29, 0.717) is 5.82 Å². The Morgan fingerprint density at radius 1 is 1.00 bits per heavy atom. The van der Waals surface area contributed by atoms with E-state index in [1.807, 2.05) is 60.8 Å². The van der Waals surface area contributed by atoms with E-state index < -0.39 is 0 Å². The second-order valence-electron chi connectivity index (χ2n) is 7.29. The number of imidazole rings is 1. The topological polar surface area (TPSA) is 77.5 Å². The number of nitrogens with one attached hydrogen (secondary N) is 1. The number of rotatable bonds is 4. The summed E-state index contributed by atoms with van der Waals surface area (Å²) in [6, 6.07) is 17.9. The fourth-order valence-corrected chi connectivity index (χ4v) is 3.91. The summed E-state index contributed by atoms with van der Waals surface area (Å²) in [5.41, 5.74) is 8.95. The van der Waals surface area contributed by atoms with Gasteiger partial charge in [0, 0.05) is 18.0 Å². The number of para-hydroxylation sites is 1. The van der Waals surface area contributed by atoms with Gasteiger partial charge in [0.2, 0.25) is 0 Å². The van der Waals surface area contributed by atoms with Crippen LogP contribution >= 0.6 is 0 Å². The van der Waals surface area contributed by atoms with E-state index in [1.54, 1.807) is 6.20 Å². The van der Waals surface area contributed by atoms with Crippen LogP contribution in [-0.4, -0.2) is 20.9 Å². The molecule has 5 rings (SSSR count). The molecule has 0 bridgehead atoms. The molecule has 4 aromatic rings. The van der Waals surface area contributed by atoms with E-state index in [2.05, 4.69) is 14.7 Å². The highest BCUT2D eigenvalue weighted by molar-refractivity contribution is 5.85. The first-order valence-electron chi connectivity index (χ1n) is 9.99. The zero-order valence-electron chi connectivity index (χ0n) is 16.1. The Labute approximate surface area is 169 Å². The lowest BCUT2D eigenvalue weighted by Crippen LogP contribution is -2.28. The van der Waals surface area contributed by atoms with E-state index in [4.69, 9.17) is 15.5 Å². The van der Waals surface area contributed by atoms with Crippen LogP contribution in [0.1, 0.15) is 31.1 Å². The summed E-state index contributed by atoms with van der Waals surface area (Å²) in [6.07, 6.45) is 7.16. The van der Waals surface area contributed by atoms with Gasteiger partial charge in [0.1, 0.15) is 34.4 Å². The van der Waals surface area contributed by atoms with Crippen LogP contribution in [-0.2, 0) is 0 Å². The quantitative estimate of drug-likeness (QED) is 0.537. The molecule has 0 aliphatic carbocycles. The smallest absolute Gasteiger partial charge is 0.150 e. The lowest BCUT2D eigenvalue weighted by Gasteiger charge is -2.22. The third kappa shape index (κ3) is 3.43. The van der Waals surface area contributed by atoms with Crippen molar-refractivity contribution in [2.24, 2.45) is 0 Å². The van der Waals surface area contributed by atoms with Crippen LogP contribution in [0.5, 0.6) is 11.5 Å². The molecule has 146 valence electrons. The largest absolute Gasteiger partial charge is 0.457 e. The number of hydrogen-bond donors (Lipinski definition) is 2. The van der Waals surface area contributed by atoms with Crippen LogP contribution in [0.4, 0.5) is 5.82 Å². The van der Waals surface area contributed by atoms with E-state index in [-0.39, 0.29) is 6.04 Å². The van der Waals surface area contributed by atoms with Crippen molar-refractivity contribution >= 4 is 11.3 Å². The van der Waals surface area contributed by atoms with Gasteiger partial charge in [-0.3, -0.25) is 4.40 Å². The molecule has 3 N–H and O–H groups in total. The first-order valence-corrected chi connectivity index (χ1v) is 9.99. The molecule has 29 heavy (non-hydrogen) atoms. The predicted octanol–water partition coefficient (Wildman–Crippen LogP) is 4.59. The molecule has 1 aliphatic heterocycles. The summed E-state index contributed by atoms with van der Waals surface area (Å²) in [5.74, 6) is 3.07. The summed E-state index contributed by atoms with van der Waals surface area (Å²) < 4.78 is 7.99. The number of nitrogen functional groups attached to an aromatic ring is 1. The zero-order valence-corrected chi connectivity index (χ0v) is 16.1. The maximum absolute atomic E-state index is 6.25. The summed E-state index contributed by atoms with van der Waals surface area (Å²) >= 11 is 0. The number of hydrogen-bond acceptors (Lipinski definition) is 5. The van der Waals surface area contributed by atoms with Gasteiger partial charge in [0.15, 0.2) is 0 Å². The van der Waals surface area contributed by atoms with Gasteiger partial charge < -0.3 is 15.8 Å². The number of piperidine rings is 1. The van der Waals surface area contributed by atoms with Crippen LogP contribution in [0, 0.1) is 0 Å². The van der Waals surface area contributed by atoms with Crippen molar-refractivity contribution in [3.05, 3.63) is 72.8 Å². The van der Waals surface area contributed by atoms with Crippen molar-refractivity contribution in [2.45, 2.75) is 25.3 Å². The number of nitrogens with two attached hydrogens (primary N) is 1. The fourth-order valence-electron chi connectivity index (χ4n) is 3.91. The van der Waals surface area contributed by atoms with Gasteiger partial charge in [-0.15, -0.1) is 0 Å². The predicted molar refractivity (Wildman–Crippen MR) is 114 cm³/mol. The first-order chi connectivity index (χ1) is 14.3. The molecule has 3 heterocycles. The van der Waals surface area contributed by atoms with Gasteiger partial charge in [-0.25, -0.2) is 9.97 Å². The SMILES string of the molecule is Nc1nccn2c(C3CCCCN3)nc(-c3ccc(Oc4ccccc4)cc3)c12. The molecule has 2 aromatic carbocycles. The van der Waals surface area contributed by atoms with E-state index in [0.717, 1.165) is 47.1 Å². The molecule has 1 unspecified atom stereocenters. The summed E-state index contributed by atoms with van der Waals surface area (Å²) in [5, 5.41) is 3.58. The third-order valence-corrected chi connectivity index (χ3v) is 5.34. The minimum absolute atomic E-state index is 0.229.